The van der Waals surface area contributed by atoms with E-state index in [2.05, 4.69) is 5.32 Å². The number of para-hydroxylation sites is 1. The van der Waals surface area contributed by atoms with Gasteiger partial charge in [0.2, 0.25) is 5.91 Å². The minimum absolute atomic E-state index is 0.0157. The molecule has 5 rings (SSSR count). The molecule has 1 aliphatic carbocycles. The lowest BCUT2D eigenvalue weighted by atomic mass is 9.91. The number of carbonyl (C=O) groups is 4. The van der Waals surface area contributed by atoms with Gasteiger partial charge >= 0.3 is 0 Å². The van der Waals surface area contributed by atoms with Gasteiger partial charge in [-0.25, -0.2) is 0 Å². The van der Waals surface area contributed by atoms with Gasteiger partial charge in [0.25, 0.3) is 17.7 Å². The number of rotatable bonds is 6. The zero-order valence-electron chi connectivity index (χ0n) is 21.4. The fourth-order valence-corrected chi connectivity index (χ4v) is 5.57. The number of anilines is 2. The smallest absolute Gasteiger partial charge is 0.262 e. The minimum atomic E-state index is -1.23. The molecule has 1 fully saturated rings. The summed E-state index contributed by atoms with van der Waals surface area (Å²) in [4.78, 5) is 56.5. The second-order valence-electron chi connectivity index (χ2n) is 9.95. The molecule has 38 heavy (non-hydrogen) atoms. The summed E-state index contributed by atoms with van der Waals surface area (Å²) in [7, 11) is 0. The molecule has 0 atom stereocenters. The van der Waals surface area contributed by atoms with Crippen LogP contribution >= 0.6 is 0 Å². The van der Waals surface area contributed by atoms with Crippen molar-refractivity contribution in [2.45, 2.75) is 45.1 Å². The summed E-state index contributed by atoms with van der Waals surface area (Å²) in [5.74, 6) is -1.93. The van der Waals surface area contributed by atoms with Crippen molar-refractivity contribution in [3.8, 4) is 5.75 Å². The van der Waals surface area contributed by atoms with Crippen molar-refractivity contribution in [3.63, 3.8) is 0 Å². The number of phenols is 1. The van der Waals surface area contributed by atoms with Gasteiger partial charge in [-0.05, 0) is 74.2 Å². The second kappa shape index (κ2) is 9.78. The molecule has 3 aromatic rings. The molecule has 4 amide bonds. The lowest BCUT2D eigenvalue weighted by Gasteiger charge is -2.40. The molecular formula is C30H29N3O5. The van der Waals surface area contributed by atoms with Crippen molar-refractivity contribution < 1.29 is 24.3 Å². The van der Waals surface area contributed by atoms with E-state index in [0.717, 1.165) is 28.9 Å². The maximum atomic E-state index is 14.1. The van der Waals surface area contributed by atoms with E-state index in [9.17, 15) is 24.3 Å². The number of aromatic hydroxyl groups is 1. The average molecular weight is 512 g/mol. The first-order valence-corrected chi connectivity index (χ1v) is 12.7. The van der Waals surface area contributed by atoms with Crippen molar-refractivity contribution in [1.29, 1.82) is 0 Å². The Morgan fingerprint density at radius 3 is 1.97 bits per heavy atom. The SMILES string of the molecule is Cc1cccc(C)c1NC(=O)C1(N(C(=O)CN2C(=O)c3ccccc3C2=O)c2ccc(O)cc2)CCCC1. The van der Waals surface area contributed by atoms with Gasteiger partial charge in [0.15, 0.2) is 0 Å². The Hall–Kier alpha value is -4.46. The largest absolute Gasteiger partial charge is 0.508 e. The van der Waals surface area contributed by atoms with Crippen LogP contribution < -0.4 is 10.2 Å². The van der Waals surface area contributed by atoms with E-state index in [1.54, 1.807) is 36.4 Å². The van der Waals surface area contributed by atoms with Crippen LogP contribution in [0.2, 0.25) is 0 Å². The molecular weight excluding hydrogens is 482 g/mol. The number of fused-ring (bicyclic) bond motifs is 1. The van der Waals surface area contributed by atoms with E-state index in [0.29, 0.717) is 24.2 Å². The maximum Gasteiger partial charge on any atom is 0.262 e. The van der Waals surface area contributed by atoms with Crippen LogP contribution in [-0.4, -0.2) is 45.7 Å². The standard InChI is InChI=1S/C30H29N3O5/c1-19-8-7-9-20(2)26(19)31-29(38)30(16-5-6-17-30)33(21-12-14-22(34)15-13-21)25(35)18-32-27(36)23-10-3-4-11-24(23)28(32)37/h3-4,7-15,34H,5-6,16-18H2,1-2H3,(H,31,38). The molecule has 0 unspecified atom stereocenters. The Labute approximate surface area is 220 Å². The van der Waals surface area contributed by atoms with Crippen LogP contribution in [0.4, 0.5) is 11.4 Å². The summed E-state index contributed by atoms with van der Waals surface area (Å²) in [5, 5.41) is 13.0. The van der Waals surface area contributed by atoms with Gasteiger partial charge in [-0.3, -0.25) is 29.0 Å². The first kappa shape index (κ1) is 25.2. The zero-order chi connectivity index (χ0) is 27.0. The van der Waals surface area contributed by atoms with Crippen LogP contribution in [0.15, 0.2) is 66.7 Å². The fraction of sp³-hybridized carbons (Fsp3) is 0.267. The molecule has 0 spiro atoms. The van der Waals surface area contributed by atoms with Crippen LogP contribution in [0, 0.1) is 13.8 Å². The first-order chi connectivity index (χ1) is 18.2. The van der Waals surface area contributed by atoms with Crippen molar-refractivity contribution in [2.75, 3.05) is 16.8 Å². The van der Waals surface area contributed by atoms with Gasteiger partial charge in [-0.15, -0.1) is 0 Å². The van der Waals surface area contributed by atoms with Crippen molar-refractivity contribution in [1.82, 2.24) is 4.90 Å². The Bertz CT molecular complexity index is 1390. The quantitative estimate of drug-likeness (QED) is 0.471. The van der Waals surface area contributed by atoms with Crippen molar-refractivity contribution in [3.05, 3.63) is 89.0 Å². The predicted molar refractivity (Wildman–Crippen MR) is 143 cm³/mol. The highest BCUT2D eigenvalue weighted by atomic mass is 16.3. The average Bonchev–Trinajstić information content (AvgIpc) is 3.48. The summed E-state index contributed by atoms with van der Waals surface area (Å²) in [6, 6.07) is 18.2. The van der Waals surface area contributed by atoms with Gasteiger partial charge in [-0.2, -0.15) is 0 Å². The maximum absolute atomic E-state index is 14.1. The molecule has 8 heteroatoms. The van der Waals surface area contributed by atoms with Crippen LogP contribution in [0.1, 0.15) is 57.5 Å². The number of hydrogen-bond donors (Lipinski definition) is 2. The van der Waals surface area contributed by atoms with E-state index in [1.165, 1.54) is 17.0 Å². The highest BCUT2D eigenvalue weighted by molar-refractivity contribution is 6.23. The molecule has 0 bridgehead atoms. The fourth-order valence-electron chi connectivity index (χ4n) is 5.57. The lowest BCUT2D eigenvalue weighted by Crippen LogP contribution is -2.60. The number of phenolic OH excluding ortho intramolecular Hbond substituents is 1. The summed E-state index contributed by atoms with van der Waals surface area (Å²) in [6.45, 7) is 3.32. The van der Waals surface area contributed by atoms with Crippen LogP contribution in [0.5, 0.6) is 5.75 Å². The minimum Gasteiger partial charge on any atom is -0.508 e. The predicted octanol–water partition coefficient (Wildman–Crippen LogP) is 4.59. The van der Waals surface area contributed by atoms with E-state index < -0.39 is 29.8 Å². The molecule has 2 aliphatic rings. The van der Waals surface area contributed by atoms with Crippen LogP contribution in [0.3, 0.4) is 0 Å². The van der Waals surface area contributed by atoms with Gasteiger partial charge in [-0.1, -0.05) is 43.2 Å². The van der Waals surface area contributed by atoms with Crippen molar-refractivity contribution in [2.24, 2.45) is 0 Å². The third kappa shape index (κ3) is 4.22. The number of benzene rings is 3. The summed E-state index contributed by atoms with van der Waals surface area (Å²) in [5.41, 5.74) is 2.18. The molecule has 1 aliphatic heterocycles. The van der Waals surface area contributed by atoms with Gasteiger partial charge in [0.1, 0.15) is 17.8 Å². The highest BCUT2D eigenvalue weighted by Crippen LogP contribution is 2.41. The zero-order valence-corrected chi connectivity index (χ0v) is 21.4. The lowest BCUT2D eigenvalue weighted by molar-refractivity contribution is -0.127. The molecule has 0 aromatic heterocycles. The summed E-state index contributed by atoms with van der Waals surface area (Å²) >= 11 is 0. The molecule has 2 N–H and O–H groups in total. The number of nitrogens with zero attached hydrogens (tertiary/aromatic N) is 2. The monoisotopic (exact) mass is 511 g/mol. The summed E-state index contributed by atoms with van der Waals surface area (Å²) in [6.07, 6.45) is 2.29. The Morgan fingerprint density at radius 1 is 0.868 bits per heavy atom. The van der Waals surface area contributed by atoms with Gasteiger partial charge < -0.3 is 10.4 Å². The number of nitrogens with one attached hydrogen (secondary N) is 1. The Kier molecular flexibility index (Phi) is 6.48. The number of hydrogen-bond acceptors (Lipinski definition) is 5. The summed E-state index contributed by atoms with van der Waals surface area (Å²) < 4.78 is 0. The third-order valence-electron chi connectivity index (χ3n) is 7.53. The second-order valence-corrected chi connectivity index (χ2v) is 9.95. The van der Waals surface area contributed by atoms with Gasteiger partial charge in [0.05, 0.1) is 11.1 Å². The molecule has 8 nitrogen and oxygen atoms in total. The topological polar surface area (TPSA) is 107 Å². The normalized spacial score (nSPS) is 15.9. The number of carbonyl (C=O) groups excluding carboxylic acids is 4. The molecule has 1 saturated carbocycles. The van der Waals surface area contributed by atoms with Crippen molar-refractivity contribution >= 4 is 35.0 Å². The first-order valence-electron chi connectivity index (χ1n) is 12.7. The Balaban J connectivity index is 1.53. The third-order valence-corrected chi connectivity index (χ3v) is 7.53. The van der Waals surface area contributed by atoms with E-state index in [1.807, 2.05) is 32.0 Å². The van der Waals surface area contributed by atoms with Crippen LogP contribution in [-0.2, 0) is 9.59 Å². The molecule has 194 valence electrons. The highest BCUT2D eigenvalue weighted by Gasteiger charge is 2.50. The number of amides is 4. The van der Waals surface area contributed by atoms with E-state index in [-0.39, 0.29) is 22.8 Å². The Morgan fingerprint density at radius 2 is 1.42 bits per heavy atom. The molecule has 3 aromatic carbocycles. The van der Waals surface area contributed by atoms with Gasteiger partial charge in [0, 0.05) is 11.4 Å². The van der Waals surface area contributed by atoms with Crippen LogP contribution in [0.25, 0.3) is 0 Å². The molecule has 0 saturated heterocycles. The molecule has 1 heterocycles. The number of aryl methyl sites for hydroxylation is 2. The van der Waals surface area contributed by atoms with E-state index in [4.69, 9.17) is 0 Å². The number of imide groups is 1. The molecule has 0 radical (unpaired) electrons. The van der Waals surface area contributed by atoms with E-state index >= 15 is 0 Å².